The van der Waals surface area contributed by atoms with Crippen molar-refractivity contribution in [3.63, 3.8) is 0 Å². The average Bonchev–Trinajstić information content (AvgIpc) is 2.58. The summed E-state index contributed by atoms with van der Waals surface area (Å²) in [5.74, 6) is 0. The number of benzene rings is 1. The van der Waals surface area contributed by atoms with Crippen LogP contribution in [0.4, 0.5) is 18.9 Å². The van der Waals surface area contributed by atoms with E-state index in [4.69, 9.17) is 5.26 Å². The molecule has 0 amide bonds. The van der Waals surface area contributed by atoms with Crippen LogP contribution in [-0.4, -0.2) is 13.1 Å². The van der Waals surface area contributed by atoms with E-state index in [1.165, 1.54) is 6.07 Å². The topological polar surface area (TPSA) is 27.0 Å². The molecule has 21 heavy (non-hydrogen) atoms. The molecule has 0 atom stereocenters. The van der Waals surface area contributed by atoms with Crippen LogP contribution in [0.5, 0.6) is 0 Å². The summed E-state index contributed by atoms with van der Waals surface area (Å²) in [7, 11) is 0. The Kier molecular flexibility index (Phi) is 4.18. The Morgan fingerprint density at radius 2 is 1.90 bits per heavy atom. The van der Waals surface area contributed by atoms with Gasteiger partial charge >= 0.3 is 6.18 Å². The quantitative estimate of drug-likeness (QED) is 0.757. The highest BCUT2D eigenvalue weighted by Crippen LogP contribution is 2.36. The zero-order chi connectivity index (χ0) is 15.7. The van der Waals surface area contributed by atoms with Crippen LogP contribution < -0.4 is 4.90 Å². The minimum atomic E-state index is -4.49. The summed E-state index contributed by atoms with van der Waals surface area (Å²) in [6, 6.07) is 5.62. The summed E-state index contributed by atoms with van der Waals surface area (Å²) in [6.45, 7) is 5.88. The number of hydrogen-bond donors (Lipinski definition) is 0. The lowest BCUT2D eigenvalue weighted by Gasteiger charge is -2.25. The van der Waals surface area contributed by atoms with Crippen LogP contribution in [0.3, 0.4) is 0 Å². The molecular formula is C16H19F3N2. The third kappa shape index (κ3) is 3.69. The van der Waals surface area contributed by atoms with E-state index >= 15 is 0 Å². The van der Waals surface area contributed by atoms with Crippen LogP contribution >= 0.6 is 0 Å². The Balaban J connectivity index is 2.31. The number of alkyl halides is 3. The number of nitriles is 1. The van der Waals surface area contributed by atoms with Crippen LogP contribution in [0.1, 0.15) is 44.2 Å². The second kappa shape index (κ2) is 5.59. The van der Waals surface area contributed by atoms with E-state index in [1.54, 1.807) is 12.1 Å². The zero-order valence-electron chi connectivity index (χ0n) is 12.3. The minimum absolute atomic E-state index is 0.230. The number of rotatable bonds is 1. The van der Waals surface area contributed by atoms with Crippen LogP contribution in [0.25, 0.3) is 0 Å². The molecule has 1 aliphatic rings. The fourth-order valence-electron chi connectivity index (χ4n) is 2.74. The zero-order valence-corrected chi connectivity index (χ0v) is 12.3. The number of anilines is 1. The van der Waals surface area contributed by atoms with E-state index in [0.29, 0.717) is 5.69 Å². The SMILES string of the molecule is CC1(C)CCCN(c2ccc(C#N)c(C(F)(F)F)c2)CC1. The van der Waals surface area contributed by atoms with Gasteiger partial charge in [0.15, 0.2) is 0 Å². The fourth-order valence-corrected chi connectivity index (χ4v) is 2.74. The lowest BCUT2D eigenvalue weighted by Crippen LogP contribution is -2.25. The molecule has 114 valence electrons. The highest BCUT2D eigenvalue weighted by atomic mass is 19.4. The Morgan fingerprint density at radius 3 is 2.52 bits per heavy atom. The van der Waals surface area contributed by atoms with E-state index in [9.17, 15) is 13.2 Å². The Labute approximate surface area is 123 Å². The van der Waals surface area contributed by atoms with Crippen LogP contribution in [0.2, 0.25) is 0 Å². The van der Waals surface area contributed by atoms with E-state index in [0.717, 1.165) is 38.4 Å². The van der Waals surface area contributed by atoms with Gasteiger partial charge in [0.05, 0.1) is 17.2 Å². The normalized spacial score (nSPS) is 19.0. The molecule has 0 unspecified atom stereocenters. The van der Waals surface area contributed by atoms with E-state index in [1.807, 2.05) is 4.90 Å². The molecule has 1 heterocycles. The second-order valence-corrected chi connectivity index (χ2v) is 6.34. The molecule has 1 fully saturated rings. The third-order valence-electron chi connectivity index (χ3n) is 4.13. The van der Waals surface area contributed by atoms with Gasteiger partial charge in [-0.25, -0.2) is 0 Å². The van der Waals surface area contributed by atoms with Crippen molar-refractivity contribution in [1.82, 2.24) is 0 Å². The molecule has 2 rings (SSSR count). The number of halogens is 3. The Bertz CT molecular complexity index is 556. The molecular weight excluding hydrogens is 277 g/mol. The summed E-state index contributed by atoms with van der Waals surface area (Å²) < 4.78 is 39.0. The summed E-state index contributed by atoms with van der Waals surface area (Å²) in [5.41, 5.74) is -0.375. The van der Waals surface area contributed by atoms with Crippen LogP contribution in [0, 0.1) is 16.7 Å². The molecule has 1 saturated heterocycles. The van der Waals surface area contributed by atoms with Gasteiger partial charge in [-0.05, 0) is 42.9 Å². The first-order valence-electron chi connectivity index (χ1n) is 7.09. The maximum atomic E-state index is 13.0. The number of hydrogen-bond acceptors (Lipinski definition) is 2. The molecule has 0 aliphatic carbocycles. The molecule has 1 aliphatic heterocycles. The van der Waals surface area contributed by atoms with Gasteiger partial charge < -0.3 is 4.90 Å². The van der Waals surface area contributed by atoms with E-state index in [-0.39, 0.29) is 11.0 Å². The predicted octanol–water partition coefficient (Wildman–Crippen LogP) is 4.59. The van der Waals surface area contributed by atoms with Crippen molar-refractivity contribution in [2.24, 2.45) is 5.41 Å². The van der Waals surface area contributed by atoms with E-state index in [2.05, 4.69) is 13.8 Å². The van der Waals surface area contributed by atoms with Crippen molar-refractivity contribution < 1.29 is 13.2 Å². The summed E-state index contributed by atoms with van der Waals surface area (Å²) in [4.78, 5) is 1.99. The van der Waals surface area contributed by atoms with Crippen molar-refractivity contribution in [1.29, 1.82) is 5.26 Å². The van der Waals surface area contributed by atoms with Gasteiger partial charge in [-0.2, -0.15) is 18.4 Å². The molecule has 2 nitrogen and oxygen atoms in total. The van der Waals surface area contributed by atoms with Crippen LogP contribution in [0.15, 0.2) is 18.2 Å². The maximum Gasteiger partial charge on any atom is 0.417 e. The molecule has 0 N–H and O–H groups in total. The first-order valence-corrected chi connectivity index (χ1v) is 7.09. The third-order valence-corrected chi connectivity index (χ3v) is 4.13. The van der Waals surface area contributed by atoms with Gasteiger partial charge in [0.25, 0.3) is 0 Å². The number of nitrogens with zero attached hydrogens (tertiary/aromatic N) is 2. The van der Waals surface area contributed by atoms with Gasteiger partial charge in [0.1, 0.15) is 0 Å². The lowest BCUT2D eigenvalue weighted by atomic mass is 9.85. The molecule has 5 heteroatoms. The van der Waals surface area contributed by atoms with Gasteiger partial charge in [-0.15, -0.1) is 0 Å². The molecule has 0 saturated carbocycles. The Hall–Kier alpha value is -1.70. The molecule has 1 aromatic rings. The van der Waals surface area contributed by atoms with E-state index < -0.39 is 11.7 Å². The largest absolute Gasteiger partial charge is 0.417 e. The van der Waals surface area contributed by atoms with Gasteiger partial charge in [-0.1, -0.05) is 13.8 Å². The fraction of sp³-hybridized carbons (Fsp3) is 0.562. The average molecular weight is 296 g/mol. The van der Waals surface area contributed by atoms with Crippen molar-refractivity contribution in [3.8, 4) is 6.07 Å². The van der Waals surface area contributed by atoms with Gasteiger partial charge in [0.2, 0.25) is 0 Å². The highest BCUT2D eigenvalue weighted by Gasteiger charge is 2.34. The second-order valence-electron chi connectivity index (χ2n) is 6.34. The summed E-state index contributed by atoms with van der Waals surface area (Å²) in [6.07, 6.45) is -1.50. The Morgan fingerprint density at radius 1 is 1.19 bits per heavy atom. The minimum Gasteiger partial charge on any atom is -0.372 e. The standard InChI is InChI=1S/C16H19F3N2/c1-15(2)6-3-8-21(9-7-15)13-5-4-12(11-20)14(10-13)16(17,18)19/h4-5,10H,3,6-9H2,1-2H3. The first-order chi connectivity index (χ1) is 9.73. The van der Waals surface area contributed by atoms with Crippen molar-refractivity contribution in [3.05, 3.63) is 29.3 Å². The highest BCUT2D eigenvalue weighted by molar-refractivity contribution is 5.55. The molecule has 0 aromatic heterocycles. The first kappa shape index (κ1) is 15.7. The lowest BCUT2D eigenvalue weighted by molar-refractivity contribution is -0.137. The smallest absolute Gasteiger partial charge is 0.372 e. The van der Waals surface area contributed by atoms with Gasteiger partial charge in [-0.3, -0.25) is 0 Å². The molecule has 0 spiro atoms. The summed E-state index contributed by atoms with van der Waals surface area (Å²) >= 11 is 0. The van der Waals surface area contributed by atoms with Crippen molar-refractivity contribution >= 4 is 5.69 Å². The maximum absolute atomic E-state index is 13.0. The summed E-state index contributed by atoms with van der Waals surface area (Å²) in [5, 5.41) is 8.83. The predicted molar refractivity (Wildman–Crippen MR) is 76.0 cm³/mol. The monoisotopic (exact) mass is 296 g/mol. The van der Waals surface area contributed by atoms with Gasteiger partial charge in [0, 0.05) is 18.8 Å². The molecule has 1 aromatic carbocycles. The molecule has 0 bridgehead atoms. The molecule has 0 radical (unpaired) electrons. The van der Waals surface area contributed by atoms with Crippen molar-refractivity contribution in [2.45, 2.75) is 39.3 Å². The van der Waals surface area contributed by atoms with Crippen LogP contribution in [-0.2, 0) is 6.18 Å². The van der Waals surface area contributed by atoms with Crippen molar-refractivity contribution in [2.75, 3.05) is 18.0 Å².